The van der Waals surface area contributed by atoms with Crippen molar-refractivity contribution in [1.82, 2.24) is 0 Å². The zero-order valence-corrected chi connectivity index (χ0v) is 7.02. The van der Waals surface area contributed by atoms with E-state index in [9.17, 15) is 4.79 Å². The van der Waals surface area contributed by atoms with Crippen molar-refractivity contribution in [2.24, 2.45) is 0 Å². The van der Waals surface area contributed by atoms with E-state index in [1.165, 1.54) is 0 Å². The molecule has 1 atom stereocenters. The van der Waals surface area contributed by atoms with Gasteiger partial charge < -0.3 is 19.7 Å². The topological polar surface area (TPSA) is 76.0 Å². The molecule has 0 rings (SSSR count). The van der Waals surface area contributed by atoms with Crippen LogP contribution in [-0.4, -0.2) is 42.3 Å². The van der Waals surface area contributed by atoms with Gasteiger partial charge in [0.05, 0.1) is 12.7 Å². The maximum atomic E-state index is 9.95. The molecule has 2 N–H and O–H groups in total. The lowest BCUT2D eigenvalue weighted by Crippen LogP contribution is -2.19. The lowest BCUT2D eigenvalue weighted by Gasteiger charge is -2.11. The highest BCUT2D eigenvalue weighted by molar-refractivity contribution is 5.67. The molecule has 0 heterocycles. The molecule has 0 aliphatic carbocycles. The average molecular weight is 178 g/mol. The molecule has 5 heteroatoms. The van der Waals surface area contributed by atoms with Gasteiger partial charge in [-0.1, -0.05) is 6.92 Å². The van der Waals surface area contributed by atoms with E-state index in [1.54, 1.807) is 0 Å². The molecule has 0 saturated carbocycles. The van der Waals surface area contributed by atoms with Crippen LogP contribution in [0.4, 0.5) is 0 Å². The van der Waals surface area contributed by atoms with Gasteiger partial charge in [0.15, 0.2) is 0 Å². The van der Waals surface area contributed by atoms with Crippen LogP contribution in [0.25, 0.3) is 0 Å². The van der Waals surface area contributed by atoms with Crippen molar-refractivity contribution in [2.45, 2.75) is 19.4 Å². The van der Waals surface area contributed by atoms with Crippen LogP contribution in [0.3, 0.4) is 0 Å². The second-order valence-electron chi connectivity index (χ2n) is 2.24. The SMILES string of the molecule is CCC(CO)OCOCC(=O)O. The molecular weight excluding hydrogens is 164 g/mol. The smallest absolute Gasteiger partial charge is 0.329 e. The Balaban J connectivity index is 3.23. The first-order chi connectivity index (χ1) is 5.70. The minimum Gasteiger partial charge on any atom is -0.480 e. The Morgan fingerprint density at radius 3 is 2.67 bits per heavy atom. The highest BCUT2D eigenvalue weighted by Gasteiger charge is 2.04. The maximum absolute atomic E-state index is 9.95. The fraction of sp³-hybridized carbons (Fsp3) is 0.857. The third-order valence-electron chi connectivity index (χ3n) is 1.27. The van der Waals surface area contributed by atoms with Crippen molar-refractivity contribution in [3.63, 3.8) is 0 Å². The first-order valence-corrected chi connectivity index (χ1v) is 3.72. The predicted octanol–water partition coefficient (Wildman–Crippen LogP) is -0.167. The normalized spacial score (nSPS) is 12.8. The van der Waals surface area contributed by atoms with Crippen LogP contribution >= 0.6 is 0 Å². The van der Waals surface area contributed by atoms with E-state index in [0.29, 0.717) is 6.42 Å². The Bertz CT molecular complexity index is 121. The number of carboxylic acids is 1. The second kappa shape index (κ2) is 7.02. The minimum absolute atomic E-state index is 0.0765. The number of rotatable bonds is 7. The Morgan fingerprint density at radius 1 is 1.58 bits per heavy atom. The number of aliphatic hydroxyl groups excluding tert-OH is 1. The third kappa shape index (κ3) is 6.09. The van der Waals surface area contributed by atoms with Crippen molar-refractivity contribution in [3.8, 4) is 0 Å². The quantitative estimate of drug-likeness (QED) is 0.418. The number of aliphatic carboxylic acids is 1. The van der Waals surface area contributed by atoms with Gasteiger partial charge in [0.1, 0.15) is 13.4 Å². The number of ether oxygens (including phenoxy) is 2. The Morgan fingerprint density at radius 2 is 2.25 bits per heavy atom. The van der Waals surface area contributed by atoms with Gasteiger partial charge in [-0.15, -0.1) is 0 Å². The van der Waals surface area contributed by atoms with Crippen LogP contribution in [0.2, 0.25) is 0 Å². The zero-order chi connectivity index (χ0) is 9.40. The van der Waals surface area contributed by atoms with E-state index in [1.807, 2.05) is 6.92 Å². The summed E-state index contributed by atoms with van der Waals surface area (Å²) in [5.41, 5.74) is 0. The van der Waals surface area contributed by atoms with Crippen LogP contribution in [0.5, 0.6) is 0 Å². The number of hydrogen-bond acceptors (Lipinski definition) is 4. The standard InChI is InChI=1S/C7H14O5/c1-2-6(3-8)12-5-11-4-7(9)10/h6,8H,2-5H2,1H3,(H,9,10). The zero-order valence-electron chi connectivity index (χ0n) is 7.02. The van der Waals surface area contributed by atoms with E-state index in [2.05, 4.69) is 4.74 Å². The molecule has 12 heavy (non-hydrogen) atoms. The molecule has 0 fully saturated rings. The summed E-state index contributed by atoms with van der Waals surface area (Å²) in [4.78, 5) is 9.95. The van der Waals surface area contributed by atoms with Gasteiger partial charge in [0, 0.05) is 0 Å². The summed E-state index contributed by atoms with van der Waals surface area (Å²) in [5, 5.41) is 16.8. The van der Waals surface area contributed by atoms with Crippen LogP contribution in [0.1, 0.15) is 13.3 Å². The first-order valence-electron chi connectivity index (χ1n) is 3.72. The molecule has 0 aliphatic heterocycles. The highest BCUT2D eigenvalue weighted by atomic mass is 16.7. The summed E-state index contributed by atoms with van der Waals surface area (Å²) in [6.45, 7) is 1.32. The summed E-state index contributed by atoms with van der Waals surface area (Å²) in [6, 6.07) is 0. The molecule has 0 aliphatic rings. The number of carbonyl (C=O) groups is 1. The van der Waals surface area contributed by atoms with E-state index >= 15 is 0 Å². The van der Waals surface area contributed by atoms with Crippen LogP contribution in [0, 0.1) is 0 Å². The van der Waals surface area contributed by atoms with Gasteiger partial charge >= 0.3 is 5.97 Å². The number of carboxylic acid groups (broad SMARTS) is 1. The summed E-state index contributed by atoms with van der Waals surface area (Å²) in [7, 11) is 0. The fourth-order valence-corrected chi connectivity index (χ4v) is 0.573. The largest absolute Gasteiger partial charge is 0.480 e. The molecule has 0 aromatic carbocycles. The van der Waals surface area contributed by atoms with E-state index < -0.39 is 5.97 Å². The predicted molar refractivity (Wildman–Crippen MR) is 40.7 cm³/mol. The van der Waals surface area contributed by atoms with E-state index in [0.717, 1.165) is 0 Å². The van der Waals surface area contributed by atoms with Crippen molar-refractivity contribution in [2.75, 3.05) is 20.0 Å². The molecule has 0 aromatic rings. The molecule has 1 unspecified atom stereocenters. The Hall–Kier alpha value is -0.650. The molecule has 72 valence electrons. The fourth-order valence-electron chi connectivity index (χ4n) is 0.573. The van der Waals surface area contributed by atoms with Crippen molar-refractivity contribution in [3.05, 3.63) is 0 Å². The molecular formula is C7H14O5. The van der Waals surface area contributed by atoms with Crippen molar-refractivity contribution in [1.29, 1.82) is 0 Å². The molecule has 0 amide bonds. The molecule has 5 nitrogen and oxygen atoms in total. The average Bonchev–Trinajstić information content (AvgIpc) is 2.04. The molecule has 0 radical (unpaired) electrons. The van der Waals surface area contributed by atoms with Crippen LogP contribution in [-0.2, 0) is 14.3 Å². The number of aliphatic hydroxyl groups is 1. The summed E-state index contributed by atoms with van der Waals surface area (Å²) < 4.78 is 9.55. The highest BCUT2D eigenvalue weighted by Crippen LogP contribution is 1.95. The summed E-state index contributed by atoms with van der Waals surface area (Å²) >= 11 is 0. The van der Waals surface area contributed by atoms with E-state index in [4.69, 9.17) is 14.9 Å². The van der Waals surface area contributed by atoms with Gasteiger partial charge in [-0.25, -0.2) is 4.79 Å². The van der Waals surface area contributed by atoms with Gasteiger partial charge in [0.25, 0.3) is 0 Å². The molecule has 0 aromatic heterocycles. The van der Waals surface area contributed by atoms with Crippen LogP contribution in [0.15, 0.2) is 0 Å². The summed E-state index contributed by atoms with van der Waals surface area (Å²) in [5.74, 6) is -1.03. The lowest BCUT2D eigenvalue weighted by atomic mass is 10.3. The lowest BCUT2D eigenvalue weighted by molar-refractivity contribution is -0.152. The summed E-state index contributed by atoms with van der Waals surface area (Å²) in [6.07, 6.45) is 0.409. The van der Waals surface area contributed by atoms with Crippen molar-refractivity contribution < 1.29 is 24.5 Å². The number of hydrogen-bond donors (Lipinski definition) is 2. The second-order valence-corrected chi connectivity index (χ2v) is 2.24. The minimum atomic E-state index is -1.03. The van der Waals surface area contributed by atoms with Gasteiger partial charge in [-0.3, -0.25) is 0 Å². The van der Waals surface area contributed by atoms with E-state index in [-0.39, 0.29) is 26.1 Å². The molecule has 0 saturated heterocycles. The van der Waals surface area contributed by atoms with Gasteiger partial charge in [-0.05, 0) is 6.42 Å². The van der Waals surface area contributed by atoms with Crippen molar-refractivity contribution >= 4 is 5.97 Å². The van der Waals surface area contributed by atoms with Gasteiger partial charge in [0.2, 0.25) is 0 Å². The first kappa shape index (κ1) is 11.4. The van der Waals surface area contributed by atoms with Crippen LogP contribution < -0.4 is 0 Å². The van der Waals surface area contributed by atoms with Gasteiger partial charge in [-0.2, -0.15) is 0 Å². The molecule has 0 spiro atoms. The Kier molecular flexibility index (Phi) is 6.64. The Labute approximate surface area is 70.9 Å². The molecule has 0 bridgehead atoms. The third-order valence-corrected chi connectivity index (χ3v) is 1.27. The maximum Gasteiger partial charge on any atom is 0.329 e. The monoisotopic (exact) mass is 178 g/mol.